The van der Waals surface area contributed by atoms with Crippen LogP contribution in [0, 0.1) is 0 Å². The molecule has 0 aromatic heterocycles. The Morgan fingerprint density at radius 3 is 1.80 bits per heavy atom. The Balaban J connectivity index is 0. The molecule has 0 rings (SSSR count). The molecule has 0 saturated heterocycles. The third-order valence-electron chi connectivity index (χ3n) is 0.129. The molecule has 0 radical (unpaired) electrons. The van der Waals surface area contributed by atoms with Crippen molar-refractivity contribution in [3.63, 3.8) is 0 Å². The Bertz CT molecular complexity index is 11.6. The maximum absolute atomic E-state index is 4.95. The molecule has 0 saturated carbocycles. The summed E-state index contributed by atoms with van der Waals surface area (Å²) in [5.74, 6) is 0.792. The van der Waals surface area contributed by atoms with E-state index >= 15 is 0 Å². The average molecular weight is 103 g/mol. The second-order valence-electron chi connectivity index (χ2n) is 0.512. The monoisotopic (exact) mass is 103 g/mol. The second kappa shape index (κ2) is 8.91. The van der Waals surface area contributed by atoms with Gasteiger partial charge in [0.2, 0.25) is 0 Å². The lowest BCUT2D eigenvalue weighted by Gasteiger charge is -1.69. The molecule has 1 nitrogen and oxygen atoms in total. The first-order valence-corrected chi connectivity index (χ1v) is 1.86. The number of nitrogens with two attached hydrogens (primary N) is 1. The largest absolute Gasteiger partial charge is 0.330 e. The quantitative estimate of drug-likeness (QED) is 0.322. The van der Waals surface area contributed by atoms with Crippen LogP contribution in [0.5, 0.6) is 0 Å². The molecule has 0 aromatic carbocycles. The van der Waals surface area contributed by atoms with E-state index < -0.39 is 0 Å². The fraction of sp³-hybridized carbons (Fsp3) is 1.00. The highest BCUT2D eigenvalue weighted by molar-refractivity contribution is 7.80. The van der Waals surface area contributed by atoms with Crippen molar-refractivity contribution in [1.29, 1.82) is 0 Å². The first-order valence-electron chi connectivity index (χ1n) is 1.22. The standard InChI is InChI=1S/C2H7NS.Mg.2H/c3-1-2-4;;;/h4H,1-3H2;;;. The van der Waals surface area contributed by atoms with E-state index in [0.29, 0.717) is 6.54 Å². The van der Waals surface area contributed by atoms with Gasteiger partial charge in [0, 0.05) is 12.3 Å². The zero-order chi connectivity index (χ0) is 3.41. The summed E-state index contributed by atoms with van der Waals surface area (Å²) in [6.07, 6.45) is 0. The van der Waals surface area contributed by atoms with E-state index in [0.717, 1.165) is 5.75 Å². The van der Waals surface area contributed by atoms with Gasteiger partial charge in [0.1, 0.15) is 0 Å². The van der Waals surface area contributed by atoms with Crippen molar-refractivity contribution in [2.75, 3.05) is 12.3 Å². The molecule has 0 aliphatic heterocycles. The summed E-state index contributed by atoms with van der Waals surface area (Å²) in [7, 11) is 0. The lowest BCUT2D eigenvalue weighted by Crippen LogP contribution is -1.97. The summed E-state index contributed by atoms with van der Waals surface area (Å²) in [5, 5.41) is 0. The number of rotatable bonds is 1. The Kier molecular flexibility index (Phi) is 16.8. The van der Waals surface area contributed by atoms with Crippen molar-refractivity contribution < 1.29 is 0 Å². The molecule has 0 spiro atoms. The van der Waals surface area contributed by atoms with Crippen molar-refractivity contribution in [2.45, 2.75) is 0 Å². The van der Waals surface area contributed by atoms with Gasteiger partial charge in [0.05, 0.1) is 0 Å². The summed E-state index contributed by atoms with van der Waals surface area (Å²) < 4.78 is 0. The van der Waals surface area contributed by atoms with Crippen LogP contribution < -0.4 is 5.73 Å². The predicted octanol–water partition coefficient (Wildman–Crippen LogP) is -1.04. The summed E-state index contributed by atoms with van der Waals surface area (Å²) in [5.41, 5.74) is 4.95. The molecule has 0 amide bonds. The number of thiol groups is 1. The van der Waals surface area contributed by atoms with Gasteiger partial charge < -0.3 is 5.73 Å². The zero-order valence-electron chi connectivity index (χ0n) is 2.44. The summed E-state index contributed by atoms with van der Waals surface area (Å²) >= 11 is 3.80. The molecule has 2 N–H and O–H groups in total. The van der Waals surface area contributed by atoms with Crippen LogP contribution in [0.2, 0.25) is 0 Å². The van der Waals surface area contributed by atoms with Gasteiger partial charge in [-0.15, -0.1) is 0 Å². The lowest BCUT2D eigenvalue weighted by molar-refractivity contribution is 1.16. The number of hydrogen-bond donors (Lipinski definition) is 2. The van der Waals surface area contributed by atoms with E-state index in [1.54, 1.807) is 0 Å². The predicted molar refractivity (Wildman–Crippen MR) is 31.5 cm³/mol. The molecule has 5 heavy (non-hydrogen) atoms. The van der Waals surface area contributed by atoms with Crippen LogP contribution in [0.4, 0.5) is 0 Å². The third kappa shape index (κ3) is 11.1. The minimum absolute atomic E-state index is 0. The molecule has 0 unspecified atom stereocenters. The van der Waals surface area contributed by atoms with E-state index in [9.17, 15) is 0 Å². The van der Waals surface area contributed by atoms with Gasteiger partial charge in [-0.2, -0.15) is 12.6 Å². The zero-order valence-corrected chi connectivity index (χ0v) is 3.33. The van der Waals surface area contributed by atoms with Crippen LogP contribution in [0.15, 0.2) is 0 Å². The Hall–Kier alpha value is 1.08. The van der Waals surface area contributed by atoms with Crippen LogP contribution in [0.3, 0.4) is 0 Å². The van der Waals surface area contributed by atoms with Crippen LogP contribution in [0.25, 0.3) is 0 Å². The maximum Gasteiger partial charge on any atom is 0.316 e. The van der Waals surface area contributed by atoms with Gasteiger partial charge >= 0.3 is 23.1 Å². The number of hydrogen-bond acceptors (Lipinski definition) is 2. The molecular weight excluding hydrogens is 94.4 g/mol. The Morgan fingerprint density at radius 1 is 1.60 bits per heavy atom. The Morgan fingerprint density at radius 2 is 1.80 bits per heavy atom. The van der Waals surface area contributed by atoms with E-state index in [1.165, 1.54) is 0 Å². The van der Waals surface area contributed by atoms with Gasteiger partial charge in [0.15, 0.2) is 0 Å². The molecule has 0 bridgehead atoms. The summed E-state index contributed by atoms with van der Waals surface area (Å²) in [4.78, 5) is 0. The van der Waals surface area contributed by atoms with Gasteiger partial charge in [-0.3, -0.25) is 0 Å². The average Bonchev–Trinajstić information content (AvgIpc) is 1.37. The summed E-state index contributed by atoms with van der Waals surface area (Å²) in [6, 6.07) is 0. The second-order valence-corrected chi connectivity index (χ2v) is 0.959. The molecule has 0 aliphatic carbocycles. The molecule has 30 valence electrons. The highest BCUT2D eigenvalue weighted by Crippen LogP contribution is 1.58. The molecule has 3 heteroatoms. The smallest absolute Gasteiger partial charge is 0.316 e. The normalized spacial score (nSPS) is 6.00. The summed E-state index contributed by atoms with van der Waals surface area (Å²) in [6.45, 7) is 0.684. The van der Waals surface area contributed by atoms with Gasteiger partial charge in [-0.25, -0.2) is 0 Å². The Labute approximate surface area is 53.9 Å². The first kappa shape index (κ1) is 9.42. The van der Waals surface area contributed by atoms with Crippen LogP contribution in [-0.4, -0.2) is 35.4 Å². The molecule has 0 heterocycles. The molecule has 0 atom stereocenters. The molecular formula is C2H9MgNS. The van der Waals surface area contributed by atoms with Crippen molar-refractivity contribution in [3.05, 3.63) is 0 Å². The van der Waals surface area contributed by atoms with Crippen LogP contribution in [0.1, 0.15) is 0 Å². The minimum atomic E-state index is 0. The van der Waals surface area contributed by atoms with Gasteiger partial charge in [-0.1, -0.05) is 0 Å². The van der Waals surface area contributed by atoms with E-state index in [4.69, 9.17) is 5.73 Å². The highest BCUT2D eigenvalue weighted by atomic mass is 32.1. The fourth-order valence-corrected chi connectivity index (χ4v) is 0. The van der Waals surface area contributed by atoms with Crippen molar-refractivity contribution in [1.82, 2.24) is 0 Å². The van der Waals surface area contributed by atoms with Crippen LogP contribution >= 0.6 is 12.6 Å². The third-order valence-corrected chi connectivity index (χ3v) is 0.387. The molecule has 0 aromatic rings. The topological polar surface area (TPSA) is 26.0 Å². The van der Waals surface area contributed by atoms with Gasteiger partial charge in [-0.05, 0) is 0 Å². The SMILES string of the molecule is NCCS.[MgH2]. The fourth-order valence-electron chi connectivity index (χ4n) is 0. The first-order chi connectivity index (χ1) is 1.91. The minimum Gasteiger partial charge on any atom is -0.330 e. The van der Waals surface area contributed by atoms with Crippen LogP contribution in [-0.2, 0) is 0 Å². The van der Waals surface area contributed by atoms with Crippen molar-refractivity contribution in [3.8, 4) is 0 Å². The van der Waals surface area contributed by atoms with Gasteiger partial charge in [0.25, 0.3) is 0 Å². The van der Waals surface area contributed by atoms with E-state index in [1.807, 2.05) is 0 Å². The maximum atomic E-state index is 4.95. The lowest BCUT2D eigenvalue weighted by atomic mass is 10.8. The highest BCUT2D eigenvalue weighted by Gasteiger charge is 1.56. The van der Waals surface area contributed by atoms with Crippen molar-refractivity contribution in [2.24, 2.45) is 5.73 Å². The van der Waals surface area contributed by atoms with E-state index in [2.05, 4.69) is 12.6 Å². The molecule has 0 aliphatic rings. The van der Waals surface area contributed by atoms with E-state index in [-0.39, 0.29) is 23.1 Å². The molecule has 0 fully saturated rings. The van der Waals surface area contributed by atoms with Crippen molar-refractivity contribution >= 4 is 35.7 Å².